The molecule has 0 amide bonds. The molecule has 1 aromatic rings. The van der Waals surface area contributed by atoms with E-state index in [1.807, 2.05) is 0 Å². The summed E-state index contributed by atoms with van der Waals surface area (Å²) >= 11 is 0. The largest absolute Gasteiger partial charge is 0.466 e. The smallest absolute Gasteiger partial charge is 0.310 e. The van der Waals surface area contributed by atoms with Crippen LogP contribution in [0.2, 0.25) is 0 Å². The van der Waals surface area contributed by atoms with Gasteiger partial charge in [0.1, 0.15) is 0 Å². The molecule has 7 heteroatoms. The Morgan fingerprint density at radius 1 is 1.53 bits per heavy atom. The quantitative estimate of drug-likeness (QED) is 0.824. The summed E-state index contributed by atoms with van der Waals surface area (Å²) in [5.41, 5.74) is -2.28. The predicted octanol–water partition coefficient (Wildman–Crippen LogP) is 1.56. The fourth-order valence-corrected chi connectivity index (χ4v) is 1.27. The summed E-state index contributed by atoms with van der Waals surface area (Å²) in [4.78, 5) is 23.6. The average molecular weight is 249 g/mol. The van der Waals surface area contributed by atoms with Crippen molar-refractivity contribution in [2.45, 2.75) is 19.8 Å². The van der Waals surface area contributed by atoms with Crippen molar-refractivity contribution in [3.8, 4) is 0 Å². The highest BCUT2D eigenvalue weighted by atomic mass is 19.3. The number of hydrogen-bond acceptors (Lipinski definition) is 3. The van der Waals surface area contributed by atoms with Gasteiger partial charge in [-0.05, 0) is 18.6 Å². The Morgan fingerprint density at radius 2 is 2.18 bits per heavy atom. The second-order valence-electron chi connectivity index (χ2n) is 3.17. The van der Waals surface area contributed by atoms with E-state index in [-0.39, 0.29) is 12.2 Å². The zero-order valence-corrected chi connectivity index (χ0v) is 8.93. The Balaban J connectivity index is 3.08. The van der Waals surface area contributed by atoms with Crippen LogP contribution in [-0.4, -0.2) is 17.6 Å². The fourth-order valence-electron chi connectivity index (χ4n) is 1.27. The van der Waals surface area contributed by atoms with E-state index in [0.717, 1.165) is 0 Å². The molecule has 0 bridgehead atoms. The highest BCUT2D eigenvalue weighted by Crippen LogP contribution is 2.20. The average Bonchev–Trinajstić information content (AvgIpc) is 2.23. The lowest BCUT2D eigenvalue weighted by atomic mass is 10.1. The first-order valence-electron chi connectivity index (χ1n) is 4.81. The maximum atomic E-state index is 12.9. The zero-order valence-electron chi connectivity index (χ0n) is 8.93. The summed E-state index contributed by atoms with van der Waals surface area (Å²) in [6, 6.07) is 0.622. The maximum Gasteiger partial charge on any atom is 0.310 e. The lowest BCUT2D eigenvalue weighted by Crippen LogP contribution is -2.18. The van der Waals surface area contributed by atoms with Crippen LogP contribution in [0.25, 0.3) is 0 Å². The Morgan fingerprint density at radius 3 is 2.71 bits per heavy atom. The zero-order chi connectivity index (χ0) is 13.0. The minimum Gasteiger partial charge on any atom is -0.466 e. The standard InChI is InChI=1S/C10H10F3NO3/c1-2-17-7(15)4-5-3-6(11)10(16)14-8(5)9(12)13/h3,9H,2,4H2,1H3,(H,14,16). The van der Waals surface area contributed by atoms with Crippen LogP contribution in [0.3, 0.4) is 0 Å². The first-order chi connectivity index (χ1) is 7.95. The number of esters is 1. The van der Waals surface area contributed by atoms with Crippen LogP contribution in [0.1, 0.15) is 24.6 Å². The van der Waals surface area contributed by atoms with Crippen molar-refractivity contribution < 1.29 is 22.7 Å². The van der Waals surface area contributed by atoms with Crippen LogP contribution < -0.4 is 5.56 Å². The van der Waals surface area contributed by atoms with Crippen LogP contribution >= 0.6 is 0 Å². The minimum absolute atomic E-state index is 0.0919. The number of aromatic amines is 1. The lowest BCUT2D eigenvalue weighted by molar-refractivity contribution is -0.142. The second-order valence-corrected chi connectivity index (χ2v) is 3.17. The van der Waals surface area contributed by atoms with Crippen LogP contribution in [0.4, 0.5) is 13.2 Å². The maximum absolute atomic E-state index is 12.9. The predicted molar refractivity (Wildman–Crippen MR) is 52.3 cm³/mol. The van der Waals surface area contributed by atoms with E-state index in [9.17, 15) is 22.8 Å². The molecule has 0 saturated heterocycles. The van der Waals surface area contributed by atoms with Crippen molar-refractivity contribution in [3.63, 3.8) is 0 Å². The van der Waals surface area contributed by atoms with E-state index in [1.165, 1.54) is 0 Å². The van der Waals surface area contributed by atoms with Crippen LogP contribution in [0.15, 0.2) is 10.9 Å². The van der Waals surface area contributed by atoms with Gasteiger partial charge in [-0.15, -0.1) is 0 Å². The highest BCUT2D eigenvalue weighted by Gasteiger charge is 2.19. The summed E-state index contributed by atoms with van der Waals surface area (Å²) in [5.74, 6) is -1.98. The van der Waals surface area contributed by atoms with E-state index >= 15 is 0 Å². The Labute approximate surface area is 94.4 Å². The van der Waals surface area contributed by atoms with Crippen LogP contribution in [-0.2, 0) is 16.0 Å². The normalized spacial score (nSPS) is 10.6. The molecule has 1 heterocycles. The van der Waals surface area contributed by atoms with Gasteiger partial charge in [-0.2, -0.15) is 0 Å². The third-order valence-corrected chi connectivity index (χ3v) is 1.97. The summed E-state index contributed by atoms with van der Waals surface area (Å²) in [6.45, 7) is 1.65. The molecule has 0 atom stereocenters. The van der Waals surface area contributed by atoms with Crippen LogP contribution in [0.5, 0.6) is 0 Å². The number of aromatic nitrogens is 1. The van der Waals surface area contributed by atoms with Gasteiger partial charge in [0.05, 0.1) is 18.7 Å². The number of carbonyl (C=O) groups excluding carboxylic acids is 1. The SMILES string of the molecule is CCOC(=O)Cc1cc(F)c(=O)[nH]c1C(F)F. The van der Waals surface area contributed by atoms with Crippen molar-refractivity contribution >= 4 is 5.97 Å². The summed E-state index contributed by atoms with van der Waals surface area (Å²) in [6.07, 6.45) is -3.51. The lowest BCUT2D eigenvalue weighted by Gasteiger charge is -2.08. The molecule has 0 radical (unpaired) electrons. The third kappa shape index (κ3) is 3.33. The first-order valence-corrected chi connectivity index (χ1v) is 4.81. The number of halogens is 3. The van der Waals surface area contributed by atoms with E-state index in [4.69, 9.17) is 0 Å². The van der Waals surface area contributed by atoms with Gasteiger partial charge in [0.15, 0.2) is 5.82 Å². The molecule has 0 aliphatic heterocycles. The van der Waals surface area contributed by atoms with Gasteiger partial charge in [0, 0.05) is 0 Å². The molecular formula is C10H10F3NO3. The van der Waals surface area contributed by atoms with Crippen molar-refractivity contribution in [3.05, 3.63) is 33.5 Å². The second kappa shape index (κ2) is 5.51. The van der Waals surface area contributed by atoms with Gasteiger partial charge in [-0.25, -0.2) is 13.2 Å². The number of H-pyrrole nitrogens is 1. The van der Waals surface area contributed by atoms with Gasteiger partial charge >= 0.3 is 5.97 Å². The van der Waals surface area contributed by atoms with E-state index in [1.54, 1.807) is 11.9 Å². The molecule has 94 valence electrons. The molecule has 1 N–H and O–H groups in total. The highest BCUT2D eigenvalue weighted by molar-refractivity contribution is 5.72. The van der Waals surface area contributed by atoms with Gasteiger partial charge in [0.2, 0.25) is 0 Å². The first kappa shape index (κ1) is 13.3. The number of alkyl halides is 2. The van der Waals surface area contributed by atoms with Crippen molar-refractivity contribution in [2.75, 3.05) is 6.61 Å². The molecule has 0 saturated carbocycles. The topological polar surface area (TPSA) is 59.2 Å². The molecule has 1 aromatic heterocycles. The van der Waals surface area contributed by atoms with Crippen molar-refractivity contribution in [1.82, 2.24) is 4.98 Å². The third-order valence-electron chi connectivity index (χ3n) is 1.97. The molecule has 17 heavy (non-hydrogen) atoms. The Hall–Kier alpha value is -1.79. The molecular weight excluding hydrogens is 239 g/mol. The molecule has 0 aliphatic carbocycles. The molecule has 0 unspecified atom stereocenters. The van der Waals surface area contributed by atoms with E-state index in [0.29, 0.717) is 6.07 Å². The number of nitrogens with one attached hydrogen (secondary N) is 1. The van der Waals surface area contributed by atoms with Gasteiger partial charge in [0.25, 0.3) is 12.0 Å². The molecule has 0 aromatic carbocycles. The van der Waals surface area contributed by atoms with Crippen LogP contribution in [0, 0.1) is 5.82 Å². The van der Waals surface area contributed by atoms with Gasteiger partial charge in [-0.1, -0.05) is 0 Å². The summed E-state index contributed by atoms with van der Waals surface area (Å²) < 4.78 is 42.5. The molecule has 0 spiro atoms. The van der Waals surface area contributed by atoms with Crippen molar-refractivity contribution in [2.24, 2.45) is 0 Å². The molecule has 1 rings (SSSR count). The number of ether oxygens (including phenoxy) is 1. The summed E-state index contributed by atoms with van der Waals surface area (Å²) in [7, 11) is 0. The number of hydrogen-bond donors (Lipinski definition) is 1. The number of carbonyl (C=O) groups is 1. The van der Waals surface area contributed by atoms with E-state index < -0.39 is 35.9 Å². The summed E-state index contributed by atoms with van der Waals surface area (Å²) in [5, 5.41) is 0. The Bertz CT molecular complexity index is 470. The Kier molecular flexibility index (Phi) is 4.30. The molecule has 0 fully saturated rings. The fraction of sp³-hybridized carbons (Fsp3) is 0.400. The molecule has 4 nitrogen and oxygen atoms in total. The van der Waals surface area contributed by atoms with Gasteiger partial charge in [-0.3, -0.25) is 9.59 Å². The van der Waals surface area contributed by atoms with Gasteiger partial charge < -0.3 is 9.72 Å². The number of pyridine rings is 1. The minimum atomic E-state index is -2.99. The molecule has 0 aliphatic rings. The van der Waals surface area contributed by atoms with Crippen molar-refractivity contribution in [1.29, 1.82) is 0 Å². The van der Waals surface area contributed by atoms with E-state index in [2.05, 4.69) is 4.74 Å². The monoisotopic (exact) mass is 249 g/mol. The number of rotatable bonds is 4.